The van der Waals surface area contributed by atoms with Gasteiger partial charge in [0.15, 0.2) is 0 Å². The molecule has 104 valence electrons. The molecular weight excluding hydrogens is 248 g/mol. The van der Waals surface area contributed by atoms with E-state index in [1.54, 1.807) is 6.07 Å². The second-order valence-electron chi connectivity index (χ2n) is 4.75. The SMILES string of the molecule is O=C(CC1CCNCC1)NCc1ccc(C(=O)O)o1. The van der Waals surface area contributed by atoms with Crippen LogP contribution in [0.5, 0.6) is 0 Å². The Morgan fingerprint density at radius 3 is 2.74 bits per heavy atom. The van der Waals surface area contributed by atoms with Gasteiger partial charge in [-0.25, -0.2) is 4.79 Å². The number of carboxylic acids is 1. The van der Waals surface area contributed by atoms with E-state index in [2.05, 4.69) is 10.6 Å². The third kappa shape index (κ3) is 4.10. The van der Waals surface area contributed by atoms with Crippen LogP contribution in [-0.4, -0.2) is 30.1 Å². The lowest BCUT2D eigenvalue weighted by molar-refractivity contribution is -0.122. The summed E-state index contributed by atoms with van der Waals surface area (Å²) in [7, 11) is 0. The van der Waals surface area contributed by atoms with Gasteiger partial charge >= 0.3 is 5.97 Å². The highest BCUT2D eigenvalue weighted by molar-refractivity contribution is 5.84. The molecule has 0 bridgehead atoms. The van der Waals surface area contributed by atoms with Crippen LogP contribution < -0.4 is 10.6 Å². The lowest BCUT2D eigenvalue weighted by Crippen LogP contribution is -2.32. The Kier molecular flexibility index (Phi) is 4.57. The van der Waals surface area contributed by atoms with Gasteiger partial charge in [-0.3, -0.25) is 4.79 Å². The average molecular weight is 266 g/mol. The molecule has 2 rings (SSSR count). The maximum atomic E-state index is 11.7. The van der Waals surface area contributed by atoms with Crippen LogP contribution in [0.2, 0.25) is 0 Å². The van der Waals surface area contributed by atoms with Crippen molar-refractivity contribution in [2.75, 3.05) is 13.1 Å². The highest BCUT2D eigenvalue weighted by atomic mass is 16.4. The number of hydrogen-bond acceptors (Lipinski definition) is 4. The fraction of sp³-hybridized carbons (Fsp3) is 0.538. The molecule has 1 aromatic heterocycles. The van der Waals surface area contributed by atoms with E-state index in [1.807, 2.05) is 0 Å². The summed E-state index contributed by atoms with van der Waals surface area (Å²) in [6.07, 6.45) is 2.57. The van der Waals surface area contributed by atoms with Gasteiger partial charge in [0.25, 0.3) is 0 Å². The molecule has 0 aliphatic carbocycles. The fourth-order valence-electron chi connectivity index (χ4n) is 2.19. The number of rotatable bonds is 5. The van der Waals surface area contributed by atoms with Crippen LogP contribution in [0.4, 0.5) is 0 Å². The summed E-state index contributed by atoms with van der Waals surface area (Å²) in [6.45, 7) is 2.17. The number of piperidine rings is 1. The third-order valence-corrected chi connectivity index (χ3v) is 3.27. The van der Waals surface area contributed by atoms with Crippen LogP contribution in [0.3, 0.4) is 0 Å². The first kappa shape index (κ1) is 13.6. The molecule has 1 aliphatic heterocycles. The zero-order valence-electron chi connectivity index (χ0n) is 10.6. The molecule has 1 saturated heterocycles. The van der Waals surface area contributed by atoms with E-state index in [0.717, 1.165) is 25.9 Å². The standard InChI is InChI=1S/C13H18N2O4/c16-12(7-9-3-5-14-6-4-9)15-8-10-1-2-11(19-10)13(17)18/h1-2,9,14H,3-8H2,(H,15,16)(H,17,18). The highest BCUT2D eigenvalue weighted by Crippen LogP contribution is 2.15. The zero-order valence-corrected chi connectivity index (χ0v) is 10.6. The van der Waals surface area contributed by atoms with Crippen molar-refractivity contribution in [3.8, 4) is 0 Å². The van der Waals surface area contributed by atoms with Gasteiger partial charge in [0, 0.05) is 6.42 Å². The van der Waals surface area contributed by atoms with E-state index in [-0.39, 0.29) is 18.2 Å². The van der Waals surface area contributed by atoms with Crippen LogP contribution in [-0.2, 0) is 11.3 Å². The molecule has 0 atom stereocenters. The Morgan fingerprint density at radius 2 is 2.11 bits per heavy atom. The first-order valence-corrected chi connectivity index (χ1v) is 6.44. The topological polar surface area (TPSA) is 91.6 Å². The van der Waals surface area contributed by atoms with E-state index >= 15 is 0 Å². The second kappa shape index (κ2) is 6.38. The molecule has 3 N–H and O–H groups in total. The maximum absolute atomic E-state index is 11.7. The van der Waals surface area contributed by atoms with E-state index in [1.165, 1.54) is 6.07 Å². The van der Waals surface area contributed by atoms with Crippen LogP contribution in [0.25, 0.3) is 0 Å². The third-order valence-electron chi connectivity index (χ3n) is 3.27. The molecule has 6 nitrogen and oxygen atoms in total. The van der Waals surface area contributed by atoms with Crippen molar-refractivity contribution >= 4 is 11.9 Å². The monoisotopic (exact) mass is 266 g/mol. The van der Waals surface area contributed by atoms with E-state index in [0.29, 0.717) is 18.1 Å². The highest BCUT2D eigenvalue weighted by Gasteiger charge is 2.17. The smallest absolute Gasteiger partial charge is 0.371 e. The minimum atomic E-state index is -1.10. The number of carboxylic acid groups (broad SMARTS) is 1. The van der Waals surface area contributed by atoms with Crippen molar-refractivity contribution in [3.63, 3.8) is 0 Å². The largest absolute Gasteiger partial charge is 0.475 e. The summed E-state index contributed by atoms with van der Waals surface area (Å²) in [5, 5.41) is 14.7. The molecule has 0 radical (unpaired) electrons. The molecule has 0 unspecified atom stereocenters. The number of nitrogens with one attached hydrogen (secondary N) is 2. The number of amides is 1. The Hall–Kier alpha value is -1.82. The van der Waals surface area contributed by atoms with Gasteiger partial charge in [-0.15, -0.1) is 0 Å². The van der Waals surface area contributed by atoms with Gasteiger partial charge in [0.2, 0.25) is 11.7 Å². The van der Waals surface area contributed by atoms with E-state index in [9.17, 15) is 9.59 Å². The fourth-order valence-corrected chi connectivity index (χ4v) is 2.19. The first-order chi connectivity index (χ1) is 9.15. The Balaban J connectivity index is 1.74. The molecule has 19 heavy (non-hydrogen) atoms. The minimum Gasteiger partial charge on any atom is -0.475 e. The molecule has 0 spiro atoms. The van der Waals surface area contributed by atoms with Crippen molar-refractivity contribution in [2.45, 2.75) is 25.8 Å². The van der Waals surface area contributed by atoms with E-state index < -0.39 is 5.97 Å². The molecule has 1 aromatic rings. The Labute approximate surface area is 111 Å². The van der Waals surface area contributed by atoms with Crippen LogP contribution in [0.1, 0.15) is 35.6 Å². The molecule has 1 aliphatic rings. The summed E-state index contributed by atoms with van der Waals surface area (Å²) < 4.78 is 5.06. The normalized spacial score (nSPS) is 16.2. The van der Waals surface area contributed by atoms with Crippen LogP contribution in [0, 0.1) is 5.92 Å². The summed E-state index contributed by atoms with van der Waals surface area (Å²) in [6, 6.07) is 2.95. The molecule has 6 heteroatoms. The Morgan fingerprint density at radius 1 is 1.37 bits per heavy atom. The number of furan rings is 1. The lowest BCUT2D eigenvalue weighted by Gasteiger charge is -2.21. The molecule has 1 fully saturated rings. The van der Waals surface area contributed by atoms with Crippen molar-refractivity contribution in [3.05, 3.63) is 23.7 Å². The van der Waals surface area contributed by atoms with Gasteiger partial charge in [-0.1, -0.05) is 0 Å². The second-order valence-corrected chi connectivity index (χ2v) is 4.75. The average Bonchev–Trinajstić information content (AvgIpc) is 2.86. The number of hydrogen-bond donors (Lipinski definition) is 3. The van der Waals surface area contributed by atoms with Gasteiger partial charge in [0.1, 0.15) is 5.76 Å². The molecular formula is C13H18N2O4. The zero-order chi connectivity index (χ0) is 13.7. The van der Waals surface area contributed by atoms with Crippen molar-refractivity contribution in [1.82, 2.24) is 10.6 Å². The van der Waals surface area contributed by atoms with Gasteiger partial charge in [-0.2, -0.15) is 0 Å². The number of carbonyl (C=O) groups is 2. The molecule has 0 aromatic carbocycles. The number of aromatic carboxylic acids is 1. The maximum Gasteiger partial charge on any atom is 0.371 e. The Bertz CT molecular complexity index is 449. The quantitative estimate of drug-likeness (QED) is 0.739. The van der Waals surface area contributed by atoms with Gasteiger partial charge in [-0.05, 0) is 44.0 Å². The summed E-state index contributed by atoms with van der Waals surface area (Å²) in [4.78, 5) is 22.4. The molecule has 1 amide bonds. The first-order valence-electron chi connectivity index (χ1n) is 6.44. The summed E-state index contributed by atoms with van der Waals surface area (Å²) in [5.74, 6) is -0.335. The predicted molar refractivity (Wildman–Crippen MR) is 67.7 cm³/mol. The summed E-state index contributed by atoms with van der Waals surface area (Å²) >= 11 is 0. The van der Waals surface area contributed by atoms with E-state index in [4.69, 9.17) is 9.52 Å². The lowest BCUT2D eigenvalue weighted by atomic mass is 9.94. The van der Waals surface area contributed by atoms with Crippen molar-refractivity contribution in [1.29, 1.82) is 0 Å². The minimum absolute atomic E-state index is 0.0137. The van der Waals surface area contributed by atoms with Crippen molar-refractivity contribution in [2.24, 2.45) is 5.92 Å². The van der Waals surface area contributed by atoms with Crippen LogP contribution >= 0.6 is 0 Å². The molecule has 0 saturated carbocycles. The van der Waals surface area contributed by atoms with Gasteiger partial charge < -0.3 is 20.2 Å². The van der Waals surface area contributed by atoms with Gasteiger partial charge in [0.05, 0.1) is 6.54 Å². The number of carbonyl (C=O) groups excluding carboxylic acids is 1. The molecule has 2 heterocycles. The van der Waals surface area contributed by atoms with Crippen LogP contribution in [0.15, 0.2) is 16.5 Å². The summed E-state index contributed by atoms with van der Waals surface area (Å²) in [5.41, 5.74) is 0. The van der Waals surface area contributed by atoms with Crippen molar-refractivity contribution < 1.29 is 19.1 Å². The predicted octanol–water partition coefficient (Wildman–Crippen LogP) is 0.984.